The van der Waals surface area contributed by atoms with Gasteiger partial charge >= 0.3 is 0 Å². The number of fused-ring (bicyclic) bond motifs is 10. The highest BCUT2D eigenvalue weighted by Crippen LogP contribution is 2.45. The lowest BCUT2D eigenvalue weighted by molar-refractivity contribution is 1.17. The van der Waals surface area contributed by atoms with Crippen molar-refractivity contribution in [2.75, 3.05) is 0 Å². The Hall–Kier alpha value is -7.20. The molecule has 0 bridgehead atoms. The molecule has 2 heterocycles. The van der Waals surface area contributed by atoms with Crippen LogP contribution >= 0.6 is 0 Å². The molecule has 9 aromatic carbocycles. The van der Waals surface area contributed by atoms with Crippen molar-refractivity contribution >= 4 is 72.4 Å². The maximum absolute atomic E-state index is 2.76. The van der Waals surface area contributed by atoms with Crippen molar-refractivity contribution in [2.45, 2.75) is 6.42 Å². The van der Waals surface area contributed by atoms with E-state index < -0.39 is 8.07 Å². The van der Waals surface area contributed by atoms with Gasteiger partial charge in [-0.15, -0.1) is 0 Å². The van der Waals surface area contributed by atoms with E-state index in [-0.39, 0.29) is 0 Å². The minimum absolute atomic E-state index is 0.895. The van der Waals surface area contributed by atoms with Gasteiger partial charge in [0.1, 0.15) is 0 Å². The molecule has 2 nitrogen and oxygen atoms in total. The van der Waals surface area contributed by atoms with Crippen molar-refractivity contribution in [3.8, 4) is 22.5 Å². The molecule has 0 fully saturated rings. The van der Waals surface area contributed by atoms with E-state index >= 15 is 0 Å². The Morgan fingerprint density at radius 3 is 1.43 bits per heavy atom. The van der Waals surface area contributed by atoms with Crippen molar-refractivity contribution in [1.82, 2.24) is 9.13 Å². The fourth-order valence-electron chi connectivity index (χ4n) is 10.3. The second kappa shape index (κ2) is 12.9. The second-order valence-electron chi connectivity index (χ2n) is 15.6. The van der Waals surface area contributed by atoms with Gasteiger partial charge in [0.15, 0.2) is 8.07 Å². The molecule has 58 heavy (non-hydrogen) atoms. The molecule has 1 aliphatic rings. The third kappa shape index (κ3) is 4.71. The summed E-state index contributed by atoms with van der Waals surface area (Å²) in [5, 5.41) is 10.8. The van der Waals surface area contributed by atoms with Crippen LogP contribution < -0.4 is 20.7 Å². The van der Waals surface area contributed by atoms with Crippen LogP contribution in [0.25, 0.3) is 66.1 Å². The van der Waals surface area contributed by atoms with E-state index in [0.717, 1.165) is 6.42 Å². The minimum atomic E-state index is -2.76. The fraction of sp³-hybridized carbons (Fsp3) is 0.0182. The van der Waals surface area contributed by atoms with E-state index in [1.165, 1.54) is 98.0 Å². The van der Waals surface area contributed by atoms with Crippen LogP contribution in [0.1, 0.15) is 11.1 Å². The third-order valence-corrected chi connectivity index (χ3v) is 17.5. The zero-order chi connectivity index (χ0) is 38.2. The molecule has 0 radical (unpaired) electrons. The Morgan fingerprint density at radius 2 is 0.828 bits per heavy atom. The van der Waals surface area contributed by atoms with Gasteiger partial charge in [-0.3, -0.25) is 0 Å². The first-order valence-electron chi connectivity index (χ1n) is 20.2. The topological polar surface area (TPSA) is 9.86 Å². The normalized spacial score (nSPS) is 12.4. The lowest BCUT2D eigenvalue weighted by Crippen LogP contribution is -2.74. The van der Waals surface area contributed by atoms with E-state index in [9.17, 15) is 0 Å². The summed E-state index contributed by atoms with van der Waals surface area (Å²) in [6.07, 6.45) is 0.895. The highest BCUT2D eigenvalue weighted by molar-refractivity contribution is 7.20. The summed E-state index contributed by atoms with van der Waals surface area (Å²) in [6.45, 7) is 0. The monoisotopic (exact) mass is 754 g/mol. The standard InChI is InChI=1S/C55H38N2Si/c1-5-17-39(18-6-1)56-53-33-31-44(58(41-19-7-2-8-20-41,42-21-9-3-10-22-42)43-23-11-4-12-24-43)37-50(53)55-49-35-38-29-30-40(36-48(38)45(49)32-34-54(55)56)57-51-27-15-13-25-46(51)47-26-14-16-28-52(47)57/h1-34,36-37H,35H2. The summed E-state index contributed by atoms with van der Waals surface area (Å²) in [4.78, 5) is 0. The molecule has 0 amide bonds. The van der Waals surface area contributed by atoms with Crippen LogP contribution in [0.4, 0.5) is 0 Å². The van der Waals surface area contributed by atoms with Crippen molar-refractivity contribution in [3.05, 3.63) is 230 Å². The van der Waals surface area contributed by atoms with Crippen molar-refractivity contribution < 1.29 is 0 Å². The zero-order valence-electron chi connectivity index (χ0n) is 31.9. The Morgan fingerprint density at radius 1 is 0.328 bits per heavy atom. The number of benzene rings is 9. The summed E-state index contributed by atoms with van der Waals surface area (Å²) >= 11 is 0. The van der Waals surface area contributed by atoms with Gasteiger partial charge in [-0.25, -0.2) is 0 Å². The van der Waals surface area contributed by atoms with Crippen LogP contribution in [0.15, 0.2) is 218 Å². The van der Waals surface area contributed by atoms with Gasteiger partial charge in [0.2, 0.25) is 0 Å². The van der Waals surface area contributed by atoms with E-state index in [1.807, 2.05) is 0 Å². The van der Waals surface area contributed by atoms with Crippen LogP contribution in [0.2, 0.25) is 0 Å². The predicted octanol–water partition coefficient (Wildman–Crippen LogP) is 10.8. The molecule has 0 N–H and O–H groups in total. The second-order valence-corrected chi connectivity index (χ2v) is 19.4. The summed E-state index contributed by atoms with van der Waals surface area (Å²) < 4.78 is 4.92. The Labute approximate surface area is 338 Å². The Bertz CT molecular complexity index is 3190. The summed E-state index contributed by atoms with van der Waals surface area (Å²) in [7, 11) is -2.76. The molecule has 0 unspecified atom stereocenters. The van der Waals surface area contributed by atoms with Crippen molar-refractivity contribution in [2.24, 2.45) is 0 Å². The maximum Gasteiger partial charge on any atom is 0.179 e. The molecular weight excluding hydrogens is 717 g/mol. The van der Waals surface area contributed by atoms with Gasteiger partial charge in [0.05, 0.1) is 22.1 Å². The maximum atomic E-state index is 2.57. The lowest BCUT2D eigenvalue weighted by Gasteiger charge is -2.34. The molecular formula is C55H38N2Si. The Kier molecular flexibility index (Phi) is 7.35. The number of hydrogen-bond acceptors (Lipinski definition) is 0. The molecule has 0 aliphatic heterocycles. The number of aromatic nitrogens is 2. The van der Waals surface area contributed by atoms with Gasteiger partial charge in [-0.05, 0) is 98.0 Å². The average Bonchev–Trinajstić information content (AvgIpc) is 3.95. The molecule has 11 aromatic rings. The van der Waals surface area contributed by atoms with Crippen LogP contribution in [0, 0.1) is 0 Å². The first-order valence-corrected chi connectivity index (χ1v) is 22.2. The predicted molar refractivity (Wildman–Crippen MR) is 247 cm³/mol. The number of hydrogen-bond donors (Lipinski definition) is 0. The molecule has 1 aliphatic carbocycles. The molecule has 12 rings (SSSR count). The van der Waals surface area contributed by atoms with Crippen LogP contribution in [-0.2, 0) is 6.42 Å². The summed E-state index contributed by atoms with van der Waals surface area (Å²) in [5.41, 5.74) is 12.8. The summed E-state index contributed by atoms with van der Waals surface area (Å²) in [6, 6.07) is 81.6. The lowest BCUT2D eigenvalue weighted by atomic mass is 10.0. The van der Waals surface area contributed by atoms with E-state index in [2.05, 4.69) is 228 Å². The molecule has 2 aromatic heterocycles. The van der Waals surface area contributed by atoms with Crippen molar-refractivity contribution in [3.63, 3.8) is 0 Å². The van der Waals surface area contributed by atoms with E-state index in [0.29, 0.717) is 0 Å². The number of para-hydroxylation sites is 3. The molecule has 3 heteroatoms. The van der Waals surface area contributed by atoms with Crippen LogP contribution in [0.5, 0.6) is 0 Å². The molecule has 272 valence electrons. The largest absolute Gasteiger partial charge is 0.309 e. The molecule has 0 saturated heterocycles. The third-order valence-electron chi connectivity index (χ3n) is 12.7. The molecule has 0 spiro atoms. The first kappa shape index (κ1) is 33.0. The van der Waals surface area contributed by atoms with Crippen LogP contribution in [-0.4, -0.2) is 17.2 Å². The van der Waals surface area contributed by atoms with Gasteiger partial charge < -0.3 is 9.13 Å². The highest BCUT2D eigenvalue weighted by atomic mass is 28.3. The Balaban J connectivity index is 1.14. The van der Waals surface area contributed by atoms with Crippen LogP contribution in [0.3, 0.4) is 0 Å². The average molecular weight is 755 g/mol. The van der Waals surface area contributed by atoms with Crippen molar-refractivity contribution in [1.29, 1.82) is 0 Å². The summed E-state index contributed by atoms with van der Waals surface area (Å²) in [5.74, 6) is 0. The molecule has 0 saturated carbocycles. The SMILES string of the molecule is c1ccc(-n2c3ccc([Si](c4ccccc4)(c4ccccc4)c4ccccc4)cc3c3c4c(ccc32)-c2cc(-n3c5ccccc5c5ccccc53)ccc2C4)cc1. The number of nitrogens with zero attached hydrogens (tertiary/aromatic N) is 2. The van der Waals surface area contributed by atoms with Gasteiger partial charge in [-0.1, -0.05) is 170 Å². The first-order chi connectivity index (χ1) is 28.8. The van der Waals surface area contributed by atoms with E-state index in [1.54, 1.807) is 0 Å². The van der Waals surface area contributed by atoms with Gasteiger partial charge in [0.25, 0.3) is 0 Å². The number of rotatable bonds is 6. The zero-order valence-corrected chi connectivity index (χ0v) is 32.9. The molecule has 0 atom stereocenters. The quantitative estimate of drug-likeness (QED) is 0.118. The minimum Gasteiger partial charge on any atom is -0.309 e. The smallest absolute Gasteiger partial charge is 0.179 e. The van der Waals surface area contributed by atoms with Gasteiger partial charge in [-0.2, -0.15) is 0 Å². The highest BCUT2D eigenvalue weighted by Gasteiger charge is 2.41. The van der Waals surface area contributed by atoms with Gasteiger partial charge in [0, 0.05) is 32.9 Å². The fourth-order valence-corrected chi connectivity index (χ4v) is 15.0. The van der Waals surface area contributed by atoms with E-state index in [4.69, 9.17) is 0 Å².